The van der Waals surface area contributed by atoms with Crippen molar-refractivity contribution in [1.29, 1.82) is 0 Å². The minimum absolute atomic E-state index is 0.0331. The molecule has 1 saturated heterocycles. The van der Waals surface area contributed by atoms with Gasteiger partial charge in [0.25, 0.3) is 0 Å². The number of piperazine rings is 1. The Balaban J connectivity index is 1.35. The molecule has 1 atom stereocenters. The molecule has 1 N–H and O–H groups in total. The van der Waals surface area contributed by atoms with Gasteiger partial charge in [0, 0.05) is 43.9 Å². The molecule has 1 aliphatic heterocycles. The lowest BCUT2D eigenvalue weighted by Gasteiger charge is -2.38. The molecule has 0 amide bonds. The molecule has 1 unspecified atom stereocenters. The van der Waals surface area contributed by atoms with Crippen LogP contribution in [0.2, 0.25) is 0 Å². The Morgan fingerprint density at radius 1 is 0.906 bits per heavy atom. The first-order valence-electron chi connectivity index (χ1n) is 11.6. The largest absolute Gasteiger partial charge is 0.480 e. The molecule has 6 heteroatoms. The number of hydrogen-bond acceptors (Lipinski definition) is 4. The highest BCUT2D eigenvalue weighted by Gasteiger charge is 2.31. The minimum atomic E-state index is -0.965. The third-order valence-electron chi connectivity index (χ3n) is 6.92. The van der Waals surface area contributed by atoms with Crippen LogP contribution < -0.4 is 4.90 Å². The quantitative estimate of drug-likeness (QED) is 0.634. The second-order valence-corrected chi connectivity index (χ2v) is 8.94. The van der Waals surface area contributed by atoms with Gasteiger partial charge in [-0.1, -0.05) is 43.5 Å². The van der Waals surface area contributed by atoms with E-state index in [2.05, 4.69) is 4.90 Å². The zero-order valence-electron chi connectivity index (χ0n) is 18.4. The minimum Gasteiger partial charge on any atom is -0.480 e. The second-order valence-electron chi connectivity index (χ2n) is 8.94. The van der Waals surface area contributed by atoms with Crippen molar-refractivity contribution in [3.63, 3.8) is 0 Å². The van der Waals surface area contributed by atoms with Crippen LogP contribution in [-0.4, -0.2) is 54.0 Å². The van der Waals surface area contributed by atoms with Gasteiger partial charge >= 0.3 is 5.97 Å². The summed E-state index contributed by atoms with van der Waals surface area (Å²) in [5, 5.41) is 9.80. The number of carboxylic acid groups (broad SMARTS) is 1. The smallest absolute Gasteiger partial charge is 0.321 e. The van der Waals surface area contributed by atoms with Crippen LogP contribution in [0.4, 0.5) is 10.1 Å². The molecule has 0 aromatic heterocycles. The molecule has 2 aromatic rings. The van der Waals surface area contributed by atoms with E-state index >= 15 is 0 Å². The van der Waals surface area contributed by atoms with Gasteiger partial charge in [-0.3, -0.25) is 14.5 Å². The summed E-state index contributed by atoms with van der Waals surface area (Å²) in [6.45, 7) is 2.36. The third-order valence-corrected chi connectivity index (χ3v) is 6.92. The highest BCUT2D eigenvalue weighted by atomic mass is 19.1. The van der Waals surface area contributed by atoms with E-state index in [1.165, 1.54) is 49.8 Å². The van der Waals surface area contributed by atoms with Crippen LogP contribution in [0.5, 0.6) is 0 Å². The summed E-state index contributed by atoms with van der Waals surface area (Å²) in [4.78, 5) is 28.8. The lowest BCUT2D eigenvalue weighted by Crippen LogP contribution is -2.53. The van der Waals surface area contributed by atoms with Gasteiger partial charge in [0.05, 0.1) is 0 Å². The van der Waals surface area contributed by atoms with E-state index in [1.54, 1.807) is 12.1 Å². The fourth-order valence-electron chi connectivity index (χ4n) is 4.99. The second kappa shape index (κ2) is 10.3. The Bertz CT molecular complexity index is 915. The van der Waals surface area contributed by atoms with Crippen molar-refractivity contribution in [2.45, 2.75) is 50.5 Å². The Kier molecular flexibility index (Phi) is 7.20. The van der Waals surface area contributed by atoms with Crippen molar-refractivity contribution in [3.05, 3.63) is 65.5 Å². The molecule has 0 spiro atoms. The van der Waals surface area contributed by atoms with Crippen LogP contribution in [0.3, 0.4) is 0 Å². The van der Waals surface area contributed by atoms with Gasteiger partial charge in [-0.15, -0.1) is 0 Å². The van der Waals surface area contributed by atoms with Crippen LogP contribution in [0, 0.1) is 5.82 Å². The summed E-state index contributed by atoms with van der Waals surface area (Å²) >= 11 is 0. The van der Waals surface area contributed by atoms with Gasteiger partial charge in [-0.2, -0.15) is 0 Å². The zero-order valence-corrected chi connectivity index (χ0v) is 18.4. The number of nitrogens with zero attached hydrogens (tertiary/aromatic N) is 2. The molecule has 4 rings (SSSR count). The number of carboxylic acids is 1. The van der Waals surface area contributed by atoms with Crippen LogP contribution >= 0.6 is 0 Å². The highest BCUT2D eigenvalue weighted by Crippen LogP contribution is 2.32. The number of ketones is 1. The predicted octanol–water partition coefficient (Wildman–Crippen LogP) is 4.72. The van der Waals surface area contributed by atoms with Gasteiger partial charge in [0.15, 0.2) is 5.78 Å². The predicted molar refractivity (Wildman–Crippen MR) is 123 cm³/mol. The van der Waals surface area contributed by atoms with Gasteiger partial charge in [0.2, 0.25) is 0 Å². The Morgan fingerprint density at radius 3 is 2.12 bits per heavy atom. The fraction of sp³-hybridized carbons (Fsp3) is 0.462. The molecule has 1 heterocycles. The van der Waals surface area contributed by atoms with Crippen LogP contribution in [0.15, 0.2) is 48.5 Å². The average Bonchev–Trinajstić information content (AvgIpc) is 2.83. The zero-order chi connectivity index (χ0) is 22.5. The van der Waals surface area contributed by atoms with E-state index in [0.717, 1.165) is 5.69 Å². The molecule has 5 nitrogen and oxygen atoms in total. The van der Waals surface area contributed by atoms with Crippen LogP contribution in [-0.2, 0) is 4.79 Å². The fourth-order valence-corrected chi connectivity index (χ4v) is 4.99. The van der Waals surface area contributed by atoms with Gasteiger partial charge in [0.1, 0.15) is 11.9 Å². The highest BCUT2D eigenvalue weighted by molar-refractivity contribution is 5.98. The van der Waals surface area contributed by atoms with Crippen molar-refractivity contribution in [3.8, 4) is 0 Å². The topological polar surface area (TPSA) is 60.9 Å². The molecular formula is C26H31FN2O3. The lowest BCUT2D eigenvalue weighted by atomic mass is 9.84. The van der Waals surface area contributed by atoms with E-state index in [4.69, 9.17) is 0 Å². The summed E-state index contributed by atoms with van der Waals surface area (Å²) in [7, 11) is 0. The lowest BCUT2D eigenvalue weighted by molar-refractivity contribution is -0.143. The SMILES string of the molecule is O=C(CC(C(=O)O)N1CCN(c2ccc(F)cc2)CC1)c1ccc(C2CCCCC2)cc1. The van der Waals surface area contributed by atoms with E-state index in [9.17, 15) is 19.1 Å². The molecule has 1 aliphatic carbocycles. The maximum absolute atomic E-state index is 13.2. The van der Waals surface area contributed by atoms with E-state index in [-0.39, 0.29) is 18.0 Å². The number of benzene rings is 2. The maximum Gasteiger partial charge on any atom is 0.321 e. The van der Waals surface area contributed by atoms with E-state index in [0.29, 0.717) is 37.7 Å². The Hall–Kier alpha value is -2.73. The molecule has 170 valence electrons. The molecule has 0 radical (unpaired) electrons. The van der Waals surface area contributed by atoms with Crippen molar-refractivity contribution in [1.82, 2.24) is 4.90 Å². The Morgan fingerprint density at radius 2 is 1.53 bits per heavy atom. The molecule has 0 bridgehead atoms. The number of anilines is 1. The van der Waals surface area contributed by atoms with Gasteiger partial charge < -0.3 is 10.0 Å². The summed E-state index contributed by atoms with van der Waals surface area (Å²) in [5.41, 5.74) is 2.79. The Labute approximate surface area is 188 Å². The summed E-state index contributed by atoms with van der Waals surface area (Å²) < 4.78 is 13.2. The van der Waals surface area contributed by atoms with Crippen molar-refractivity contribution >= 4 is 17.4 Å². The molecule has 2 fully saturated rings. The van der Waals surface area contributed by atoms with Gasteiger partial charge in [-0.05, 0) is 48.6 Å². The molecule has 2 aromatic carbocycles. The number of aliphatic carboxylic acids is 1. The number of rotatable bonds is 7. The first kappa shape index (κ1) is 22.5. The summed E-state index contributed by atoms with van der Waals surface area (Å²) in [6, 6.07) is 13.3. The number of carbonyl (C=O) groups excluding carboxylic acids is 1. The molecule has 1 saturated carbocycles. The first-order chi connectivity index (χ1) is 15.5. The normalized spacial score (nSPS) is 19.0. The summed E-state index contributed by atoms with van der Waals surface area (Å²) in [5.74, 6) is -0.790. The third kappa shape index (κ3) is 5.36. The van der Waals surface area contributed by atoms with Gasteiger partial charge in [-0.25, -0.2) is 4.39 Å². The van der Waals surface area contributed by atoms with Crippen LogP contribution in [0.1, 0.15) is 60.4 Å². The maximum atomic E-state index is 13.2. The van der Waals surface area contributed by atoms with Crippen LogP contribution in [0.25, 0.3) is 0 Å². The number of Topliss-reactive ketones (excluding diaryl/α,β-unsaturated/α-hetero) is 1. The monoisotopic (exact) mass is 438 g/mol. The van der Waals surface area contributed by atoms with Crippen molar-refractivity contribution in [2.24, 2.45) is 0 Å². The van der Waals surface area contributed by atoms with E-state index in [1.807, 2.05) is 29.2 Å². The van der Waals surface area contributed by atoms with Crippen molar-refractivity contribution in [2.75, 3.05) is 31.1 Å². The number of carbonyl (C=O) groups is 2. The summed E-state index contributed by atoms with van der Waals surface area (Å²) in [6.07, 6.45) is 6.22. The average molecular weight is 439 g/mol. The number of hydrogen-bond donors (Lipinski definition) is 1. The molecule has 2 aliphatic rings. The first-order valence-corrected chi connectivity index (χ1v) is 11.6. The van der Waals surface area contributed by atoms with E-state index < -0.39 is 12.0 Å². The molecule has 32 heavy (non-hydrogen) atoms. The van der Waals surface area contributed by atoms with Crippen molar-refractivity contribution < 1.29 is 19.1 Å². The standard InChI is InChI=1S/C26H31FN2O3/c27-22-10-12-23(13-11-22)28-14-16-29(17-15-28)24(26(31)32)18-25(30)21-8-6-20(7-9-21)19-4-2-1-3-5-19/h6-13,19,24H,1-5,14-18H2,(H,31,32). The number of halogens is 1. The molecular weight excluding hydrogens is 407 g/mol.